The van der Waals surface area contributed by atoms with Crippen LogP contribution in [0.25, 0.3) is 0 Å². The van der Waals surface area contributed by atoms with Crippen LogP contribution < -0.4 is 10.6 Å². The topological polar surface area (TPSA) is 160 Å². The van der Waals surface area contributed by atoms with Crippen molar-refractivity contribution in [3.63, 3.8) is 0 Å². The molecule has 1 rings (SSSR count). The van der Waals surface area contributed by atoms with Crippen LogP contribution in [-0.4, -0.2) is 110 Å². The van der Waals surface area contributed by atoms with E-state index in [1.165, 1.54) is 14.2 Å². The molecule has 1 saturated heterocycles. The van der Waals surface area contributed by atoms with Crippen LogP contribution in [0.15, 0.2) is 0 Å². The van der Waals surface area contributed by atoms with Gasteiger partial charge >= 0.3 is 7.15 Å². The molecule has 1 aliphatic heterocycles. The van der Waals surface area contributed by atoms with Gasteiger partial charge < -0.3 is 44.9 Å². The van der Waals surface area contributed by atoms with Gasteiger partial charge in [-0.15, -0.1) is 0 Å². The molecule has 1 aliphatic rings. The van der Waals surface area contributed by atoms with Crippen molar-refractivity contribution in [2.45, 2.75) is 83.4 Å². The summed E-state index contributed by atoms with van der Waals surface area (Å²) in [7, 11) is 1.05. The molecular weight excluding hydrogens is 547 g/mol. The molecule has 8 atom stereocenters. The number of ether oxygens (including phenoxy) is 4. The van der Waals surface area contributed by atoms with Crippen molar-refractivity contribution in [1.82, 2.24) is 10.6 Å². The number of nitrogens with one attached hydrogen (secondary N) is 2. The Bertz CT molecular complexity index is 600. The number of aliphatic hydroxyl groups excluding tert-OH is 3. The van der Waals surface area contributed by atoms with E-state index in [0.29, 0.717) is 37.7 Å². The smallest absolute Gasteiger partial charge is 0.394 e. The number of unbranched alkanes of at least 4 members (excludes halogenated alkanes) is 1. The van der Waals surface area contributed by atoms with E-state index < -0.39 is 50.7 Å². The molecule has 1 fully saturated rings. The van der Waals surface area contributed by atoms with Crippen LogP contribution in [0.4, 0.5) is 0 Å². The largest absolute Gasteiger partial charge is 0.475 e. The average molecular weight is 596 g/mol. The molecular formula is C22H48N2O10PS2+. The summed E-state index contributed by atoms with van der Waals surface area (Å²) in [5, 5.41) is 35.3. The Hall–Kier alpha value is 0.0700. The standard InChI is InChI=1S/C20H41N2O10PS2.C2H6/c1-5-13(12-27-2)18(32-33(26,35)29-4)19(28-3)22-20(34)21-8-6-7-9-30-16-10-14(24)17(25)15(11-23)31-16;1-2/h13-19,23-26,35H,5-12H2,1-4H3,(H-,21,22,34);1-2H3/p+1. The van der Waals surface area contributed by atoms with Crippen LogP contribution in [0, 0.1) is 5.92 Å². The van der Waals surface area contributed by atoms with E-state index in [1.807, 2.05) is 20.8 Å². The lowest BCUT2D eigenvalue weighted by Gasteiger charge is -2.36. The van der Waals surface area contributed by atoms with E-state index in [-0.39, 0.29) is 12.3 Å². The highest BCUT2D eigenvalue weighted by Gasteiger charge is 2.45. The number of aliphatic hydroxyl groups is 3. The first kappa shape index (κ1) is 37.1. The Kier molecular flexibility index (Phi) is 20.9. The first-order valence-corrected chi connectivity index (χ1v) is 15.6. The Labute approximate surface area is 232 Å². The van der Waals surface area contributed by atoms with Crippen LogP contribution in [0.1, 0.15) is 46.5 Å². The highest BCUT2D eigenvalue weighted by molar-refractivity contribution is 8.47. The van der Waals surface area contributed by atoms with Crippen molar-refractivity contribution in [2.24, 2.45) is 5.92 Å². The van der Waals surface area contributed by atoms with E-state index in [2.05, 4.69) is 22.9 Å². The van der Waals surface area contributed by atoms with Crippen LogP contribution in [0.5, 0.6) is 0 Å². The molecule has 15 heteroatoms. The molecule has 37 heavy (non-hydrogen) atoms. The second-order valence-corrected chi connectivity index (χ2v) is 11.6. The molecule has 12 nitrogen and oxygen atoms in total. The Morgan fingerprint density at radius 2 is 1.89 bits per heavy atom. The number of methoxy groups -OCH3 is 2. The molecule has 0 spiro atoms. The lowest BCUT2D eigenvalue weighted by atomic mass is 9.99. The Morgan fingerprint density at radius 1 is 1.22 bits per heavy atom. The number of thiol groups is 1. The van der Waals surface area contributed by atoms with Gasteiger partial charge in [0.25, 0.3) is 0 Å². The molecule has 0 aromatic heterocycles. The van der Waals surface area contributed by atoms with Crippen LogP contribution in [0.2, 0.25) is 0 Å². The van der Waals surface area contributed by atoms with E-state index in [9.17, 15) is 20.2 Å². The fraction of sp³-hybridized carbons (Fsp3) is 0.955. The molecule has 6 N–H and O–H groups in total. The van der Waals surface area contributed by atoms with Gasteiger partial charge in [-0.3, -0.25) is 0 Å². The third-order valence-electron chi connectivity index (χ3n) is 5.57. The van der Waals surface area contributed by atoms with Crippen LogP contribution >= 0.6 is 31.6 Å². The maximum absolute atomic E-state index is 10.3. The van der Waals surface area contributed by atoms with Crippen molar-refractivity contribution in [2.75, 3.05) is 47.7 Å². The van der Waals surface area contributed by atoms with Gasteiger partial charge in [0.2, 0.25) is 0 Å². The summed E-state index contributed by atoms with van der Waals surface area (Å²) in [6.07, 6.45) is -2.77. The van der Waals surface area contributed by atoms with Gasteiger partial charge in [0.15, 0.2) is 23.7 Å². The molecule has 0 saturated carbocycles. The summed E-state index contributed by atoms with van der Waals surface area (Å²) in [6, 6.07) is 0. The van der Waals surface area contributed by atoms with E-state index in [4.69, 9.17) is 40.2 Å². The molecule has 0 aliphatic carbocycles. The van der Waals surface area contributed by atoms with E-state index in [1.54, 1.807) is 7.11 Å². The quantitative estimate of drug-likeness (QED) is 0.0425. The highest BCUT2D eigenvalue weighted by Crippen LogP contribution is 2.62. The molecule has 0 amide bonds. The van der Waals surface area contributed by atoms with Crippen LogP contribution in [-0.2, 0) is 28.0 Å². The van der Waals surface area contributed by atoms with Crippen molar-refractivity contribution < 1.29 is 48.2 Å². The fourth-order valence-electron chi connectivity index (χ4n) is 3.52. The zero-order chi connectivity index (χ0) is 28.4. The second kappa shape index (κ2) is 20.9. The third kappa shape index (κ3) is 14.3. The fourth-order valence-corrected chi connectivity index (χ4v) is 4.75. The number of hydrogen-bond donors (Lipinski definition) is 7. The van der Waals surface area contributed by atoms with Crippen LogP contribution in [0.3, 0.4) is 0 Å². The summed E-state index contributed by atoms with van der Waals surface area (Å²) < 4.78 is 32.6. The van der Waals surface area contributed by atoms with Gasteiger partial charge in [0.05, 0.1) is 38.7 Å². The molecule has 222 valence electrons. The lowest BCUT2D eigenvalue weighted by Crippen LogP contribution is -2.52. The van der Waals surface area contributed by atoms with Crippen molar-refractivity contribution in [3.05, 3.63) is 0 Å². The van der Waals surface area contributed by atoms with Gasteiger partial charge in [0, 0.05) is 39.7 Å². The van der Waals surface area contributed by atoms with Gasteiger partial charge in [-0.25, -0.2) is 0 Å². The highest BCUT2D eigenvalue weighted by atomic mass is 32.7. The maximum Gasteiger partial charge on any atom is 0.475 e. The first-order valence-electron chi connectivity index (χ1n) is 12.5. The van der Waals surface area contributed by atoms with E-state index >= 15 is 0 Å². The predicted molar refractivity (Wildman–Crippen MR) is 149 cm³/mol. The summed E-state index contributed by atoms with van der Waals surface area (Å²) in [5.74, 6) is -0.127. The van der Waals surface area contributed by atoms with Gasteiger partial charge in [0.1, 0.15) is 12.2 Å². The monoisotopic (exact) mass is 595 g/mol. The average Bonchev–Trinajstić information content (AvgIpc) is 2.89. The molecule has 0 bridgehead atoms. The van der Waals surface area contributed by atoms with Crippen molar-refractivity contribution in [1.29, 1.82) is 0 Å². The minimum atomic E-state index is -3.35. The number of rotatable bonds is 17. The summed E-state index contributed by atoms with van der Waals surface area (Å²) in [6.45, 7) is 6.88. The molecule has 0 radical (unpaired) electrons. The normalized spacial score (nSPS) is 25.7. The van der Waals surface area contributed by atoms with E-state index in [0.717, 1.165) is 6.42 Å². The molecule has 0 aromatic carbocycles. The zero-order valence-corrected chi connectivity index (χ0v) is 25.3. The Balaban J connectivity index is 0.00000631. The van der Waals surface area contributed by atoms with Crippen molar-refractivity contribution in [3.8, 4) is 0 Å². The van der Waals surface area contributed by atoms with Gasteiger partial charge in [-0.2, -0.15) is 13.9 Å². The first-order chi connectivity index (χ1) is 17.6. The lowest BCUT2D eigenvalue weighted by molar-refractivity contribution is -0.256. The minimum Gasteiger partial charge on any atom is -0.394 e. The zero-order valence-electron chi connectivity index (χ0n) is 22.7. The predicted octanol–water partition coefficient (Wildman–Crippen LogP) is 1.38. The number of thiocarbonyl (C=S) groups is 1. The second-order valence-electron chi connectivity index (χ2n) is 8.08. The van der Waals surface area contributed by atoms with Crippen molar-refractivity contribution >= 4 is 36.7 Å². The molecule has 1 heterocycles. The SMILES string of the molecule is CC.CCC(COC)C(O[P+](O)(S)OC)C(NC(=S)NCCCCOC1CC(O)C(O)C(CO)O1)OC. The summed E-state index contributed by atoms with van der Waals surface area (Å²) in [5.41, 5.74) is 0. The maximum atomic E-state index is 10.3. The summed E-state index contributed by atoms with van der Waals surface area (Å²) >= 11 is 9.47. The summed E-state index contributed by atoms with van der Waals surface area (Å²) in [4.78, 5) is 10.3. The third-order valence-corrected chi connectivity index (χ3v) is 7.60. The minimum absolute atomic E-state index is 0.127. The van der Waals surface area contributed by atoms with Gasteiger partial charge in [-0.1, -0.05) is 20.8 Å². The number of hydrogen-bond acceptors (Lipinski definition) is 12. The van der Waals surface area contributed by atoms with Gasteiger partial charge in [-0.05, 0) is 31.5 Å². The molecule has 0 aromatic rings. The Morgan fingerprint density at radius 3 is 2.43 bits per heavy atom. The molecule has 8 unspecified atom stereocenters.